The third-order valence-corrected chi connectivity index (χ3v) is 5.51. The quantitative estimate of drug-likeness (QED) is 0.787. The van der Waals surface area contributed by atoms with Gasteiger partial charge < -0.3 is 15.0 Å². The molecule has 0 aromatic heterocycles. The van der Waals surface area contributed by atoms with Gasteiger partial charge in [-0.05, 0) is 37.3 Å². The zero-order chi connectivity index (χ0) is 20.5. The smallest absolute Gasteiger partial charge is 0.241 e. The lowest BCUT2D eigenvalue weighted by molar-refractivity contribution is -0.122. The van der Waals surface area contributed by atoms with E-state index in [4.69, 9.17) is 9.88 Å². The second-order valence-electron chi connectivity index (χ2n) is 6.64. The van der Waals surface area contributed by atoms with E-state index >= 15 is 0 Å². The van der Waals surface area contributed by atoms with E-state index in [9.17, 15) is 18.0 Å². The van der Waals surface area contributed by atoms with Crippen molar-refractivity contribution in [3.8, 4) is 5.75 Å². The number of sulfonamides is 1. The van der Waals surface area contributed by atoms with Gasteiger partial charge in [-0.2, -0.15) is 0 Å². The standard InChI is InChI=1S/C19H21N3O5S/c1-12-3-6-15(7-4-12)22-11-13(9-18(22)23)19(24)21-14-5-8-16(27-2)17(10-14)28(20,25)26/h3-8,10,13H,9,11H2,1-2H3,(H,21,24)(H2,20,25,26)/t13-/m0/s1. The summed E-state index contributed by atoms with van der Waals surface area (Å²) in [7, 11) is -2.69. The molecule has 2 aromatic carbocycles. The van der Waals surface area contributed by atoms with Gasteiger partial charge in [-0.15, -0.1) is 0 Å². The molecule has 0 bridgehead atoms. The summed E-state index contributed by atoms with van der Waals surface area (Å²) in [6, 6.07) is 11.7. The van der Waals surface area contributed by atoms with Crippen LogP contribution in [0.5, 0.6) is 5.75 Å². The van der Waals surface area contributed by atoms with Gasteiger partial charge in [0.25, 0.3) is 0 Å². The van der Waals surface area contributed by atoms with Gasteiger partial charge in [0, 0.05) is 24.3 Å². The SMILES string of the molecule is COc1ccc(NC(=O)[C@H]2CC(=O)N(c3ccc(C)cc3)C2)cc1S(N)(=O)=O. The fraction of sp³-hybridized carbons (Fsp3) is 0.263. The Labute approximate surface area is 163 Å². The van der Waals surface area contributed by atoms with E-state index in [1.54, 1.807) is 4.90 Å². The predicted octanol–water partition coefficient (Wildman–Crippen LogP) is 1.64. The number of carbonyl (C=O) groups is 2. The Morgan fingerprint density at radius 3 is 2.50 bits per heavy atom. The molecule has 1 fully saturated rings. The number of anilines is 2. The van der Waals surface area contributed by atoms with Crippen LogP contribution >= 0.6 is 0 Å². The first-order valence-electron chi connectivity index (χ1n) is 8.58. The Kier molecular flexibility index (Phi) is 5.39. The largest absolute Gasteiger partial charge is 0.495 e. The second kappa shape index (κ2) is 7.61. The normalized spacial score (nSPS) is 16.9. The van der Waals surface area contributed by atoms with Crippen molar-refractivity contribution >= 4 is 33.2 Å². The lowest BCUT2D eigenvalue weighted by Crippen LogP contribution is -2.28. The summed E-state index contributed by atoms with van der Waals surface area (Å²) in [5, 5.41) is 7.85. The molecule has 148 valence electrons. The Bertz CT molecular complexity index is 1020. The molecule has 0 unspecified atom stereocenters. The molecule has 0 radical (unpaired) electrons. The van der Waals surface area contributed by atoms with Crippen LogP contribution in [0.2, 0.25) is 0 Å². The van der Waals surface area contributed by atoms with Crippen molar-refractivity contribution in [3.05, 3.63) is 48.0 Å². The number of nitrogens with two attached hydrogens (primary N) is 1. The third-order valence-electron chi connectivity index (χ3n) is 4.58. The van der Waals surface area contributed by atoms with Gasteiger partial charge in [-0.1, -0.05) is 17.7 Å². The molecule has 8 nitrogen and oxygen atoms in total. The molecular weight excluding hydrogens is 382 g/mol. The van der Waals surface area contributed by atoms with Crippen molar-refractivity contribution in [1.82, 2.24) is 0 Å². The number of rotatable bonds is 5. The van der Waals surface area contributed by atoms with Gasteiger partial charge in [-0.25, -0.2) is 13.6 Å². The van der Waals surface area contributed by atoms with Crippen LogP contribution in [0.25, 0.3) is 0 Å². The van der Waals surface area contributed by atoms with Gasteiger partial charge in [0.05, 0.1) is 13.0 Å². The number of carbonyl (C=O) groups excluding carboxylic acids is 2. The molecule has 28 heavy (non-hydrogen) atoms. The summed E-state index contributed by atoms with van der Waals surface area (Å²) < 4.78 is 28.4. The van der Waals surface area contributed by atoms with Crippen molar-refractivity contribution in [1.29, 1.82) is 0 Å². The Morgan fingerprint density at radius 2 is 1.89 bits per heavy atom. The molecule has 0 spiro atoms. The topological polar surface area (TPSA) is 119 Å². The molecule has 0 aliphatic carbocycles. The number of nitrogens with zero attached hydrogens (tertiary/aromatic N) is 1. The molecule has 1 aliphatic heterocycles. The maximum absolute atomic E-state index is 12.6. The average molecular weight is 403 g/mol. The molecule has 2 aromatic rings. The zero-order valence-corrected chi connectivity index (χ0v) is 16.3. The number of nitrogens with one attached hydrogen (secondary N) is 1. The number of methoxy groups -OCH3 is 1. The highest BCUT2D eigenvalue weighted by Gasteiger charge is 2.35. The minimum absolute atomic E-state index is 0.0813. The van der Waals surface area contributed by atoms with Crippen LogP contribution in [0.3, 0.4) is 0 Å². The first-order chi connectivity index (χ1) is 13.2. The van der Waals surface area contributed by atoms with Crippen LogP contribution in [0.4, 0.5) is 11.4 Å². The van der Waals surface area contributed by atoms with Crippen LogP contribution in [-0.4, -0.2) is 33.9 Å². The summed E-state index contributed by atoms with van der Waals surface area (Å²) in [5.41, 5.74) is 2.08. The lowest BCUT2D eigenvalue weighted by Gasteiger charge is -2.17. The fourth-order valence-electron chi connectivity index (χ4n) is 3.08. The van der Waals surface area contributed by atoms with Gasteiger partial charge in [0.15, 0.2) is 0 Å². The van der Waals surface area contributed by atoms with E-state index in [0.29, 0.717) is 0 Å². The van der Waals surface area contributed by atoms with Crippen molar-refractivity contribution in [3.63, 3.8) is 0 Å². The summed E-state index contributed by atoms with van der Waals surface area (Å²) in [5.74, 6) is -0.964. The first-order valence-corrected chi connectivity index (χ1v) is 10.1. The van der Waals surface area contributed by atoms with Crippen LogP contribution in [0, 0.1) is 12.8 Å². The van der Waals surface area contributed by atoms with Crippen molar-refractivity contribution < 1.29 is 22.7 Å². The predicted molar refractivity (Wildman–Crippen MR) is 105 cm³/mol. The zero-order valence-electron chi connectivity index (χ0n) is 15.5. The Morgan fingerprint density at radius 1 is 1.21 bits per heavy atom. The number of benzene rings is 2. The maximum Gasteiger partial charge on any atom is 0.241 e. The maximum atomic E-state index is 12.6. The van der Waals surface area contributed by atoms with E-state index < -0.39 is 15.9 Å². The Balaban J connectivity index is 1.75. The van der Waals surface area contributed by atoms with Crippen LogP contribution in [0.15, 0.2) is 47.4 Å². The van der Waals surface area contributed by atoms with E-state index in [-0.39, 0.29) is 41.1 Å². The van der Waals surface area contributed by atoms with E-state index in [1.807, 2.05) is 31.2 Å². The minimum Gasteiger partial charge on any atom is -0.495 e. The summed E-state index contributed by atoms with van der Waals surface area (Å²) in [6.07, 6.45) is 0.0813. The van der Waals surface area contributed by atoms with Gasteiger partial charge >= 0.3 is 0 Å². The van der Waals surface area contributed by atoms with Crippen LogP contribution in [-0.2, 0) is 19.6 Å². The third kappa shape index (κ3) is 4.15. The highest BCUT2D eigenvalue weighted by atomic mass is 32.2. The van der Waals surface area contributed by atoms with Gasteiger partial charge in [0.2, 0.25) is 21.8 Å². The number of aryl methyl sites for hydroxylation is 1. The Hall–Kier alpha value is -2.91. The molecule has 3 rings (SSSR count). The van der Waals surface area contributed by atoms with E-state index in [0.717, 1.165) is 11.3 Å². The molecular formula is C19H21N3O5S. The average Bonchev–Trinajstić information content (AvgIpc) is 3.03. The first kappa shape index (κ1) is 19.8. The van der Waals surface area contributed by atoms with Crippen LogP contribution in [0.1, 0.15) is 12.0 Å². The van der Waals surface area contributed by atoms with E-state index in [2.05, 4.69) is 5.32 Å². The summed E-state index contributed by atoms with van der Waals surface area (Å²) >= 11 is 0. The van der Waals surface area contributed by atoms with E-state index in [1.165, 1.54) is 25.3 Å². The molecule has 3 N–H and O–H groups in total. The van der Waals surface area contributed by atoms with Crippen LogP contribution < -0.4 is 20.1 Å². The number of primary sulfonamides is 1. The molecule has 2 amide bonds. The van der Waals surface area contributed by atoms with Crippen molar-refractivity contribution in [2.45, 2.75) is 18.2 Å². The molecule has 9 heteroatoms. The molecule has 1 saturated heterocycles. The van der Waals surface area contributed by atoms with Crippen molar-refractivity contribution in [2.24, 2.45) is 11.1 Å². The highest BCUT2D eigenvalue weighted by Crippen LogP contribution is 2.29. The van der Waals surface area contributed by atoms with Crippen molar-refractivity contribution in [2.75, 3.05) is 23.9 Å². The molecule has 1 heterocycles. The van der Waals surface area contributed by atoms with Gasteiger partial charge in [-0.3, -0.25) is 9.59 Å². The molecule has 1 aliphatic rings. The molecule has 1 atom stereocenters. The van der Waals surface area contributed by atoms with Gasteiger partial charge in [0.1, 0.15) is 10.6 Å². The number of hydrogen-bond acceptors (Lipinski definition) is 5. The monoisotopic (exact) mass is 403 g/mol. The fourth-order valence-corrected chi connectivity index (χ4v) is 3.80. The lowest BCUT2D eigenvalue weighted by atomic mass is 10.1. The summed E-state index contributed by atoms with van der Waals surface area (Å²) in [4.78, 5) is 26.3. The number of hydrogen-bond donors (Lipinski definition) is 2. The summed E-state index contributed by atoms with van der Waals surface area (Å²) in [6.45, 7) is 2.21. The molecule has 0 saturated carbocycles. The number of amides is 2. The second-order valence-corrected chi connectivity index (χ2v) is 8.17. The number of ether oxygens (including phenoxy) is 1. The highest BCUT2D eigenvalue weighted by molar-refractivity contribution is 7.89. The minimum atomic E-state index is -4.02.